The summed E-state index contributed by atoms with van der Waals surface area (Å²) in [5, 5.41) is 8.87. The zero-order valence-electron chi connectivity index (χ0n) is 11.9. The van der Waals surface area contributed by atoms with Gasteiger partial charge >= 0.3 is 0 Å². The van der Waals surface area contributed by atoms with Crippen molar-refractivity contribution < 1.29 is 9.84 Å². The van der Waals surface area contributed by atoms with Crippen LogP contribution in [0.4, 0.5) is 5.69 Å². The number of aryl methyl sites for hydroxylation is 1. The van der Waals surface area contributed by atoms with E-state index in [9.17, 15) is 0 Å². The van der Waals surface area contributed by atoms with E-state index in [2.05, 4.69) is 28.9 Å². The molecule has 0 radical (unpaired) electrons. The third-order valence-electron chi connectivity index (χ3n) is 3.68. The van der Waals surface area contributed by atoms with Gasteiger partial charge in [0.1, 0.15) is 5.75 Å². The number of anilines is 1. The number of benzene rings is 1. The maximum atomic E-state index is 8.87. The zero-order chi connectivity index (χ0) is 13.7. The van der Waals surface area contributed by atoms with E-state index in [1.165, 1.54) is 11.3 Å². The number of methoxy groups -OCH3 is 1. The average Bonchev–Trinajstić information content (AvgIpc) is 2.45. The third-order valence-corrected chi connectivity index (χ3v) is 3.68. The molecule has 0 bridgehead atoms. The molecular formula is C15H24N2O2. The molecule has 1 N–H and O–H groups in total. The average molecular weight is 264 g/mol. The molecular weight excluding hydrogens is 240 g/mol. The van der Waals surface area contributed by atoms with E-state index in [1.54, 1.807) is 7.11 Å². The molecule has 0 amide bonds. The third kappa shape index (κ3) is 3.61. The van der Waals surface area contributed by atoms with E-state index in [0.717, 1.165) is 44.9 Å². The van der Waals surface area contributed by atoms with Crippen molar-refractivity contribution in [3.05, 3.63) is 23.8 Å². The van der Waals surface area contributed by atoms with Gasteiger partial charge in [0, 0.05) is 39.3 Å². The predicted molar refractivity (Wildman–Crippen MR) is 78.1 cm³/mol. The van der Waals surface area contributed by atoms with Crippen molar-refractivity contribution in [1.82, 2.24) is 4.90 Å². The summed E-state index contributed by atoms with van der Waals surface area (Å²) >= 11 is 0. The SMILES string of the molecule is COc1ccc(C)cc1N1CCN(CCCO)CC1. The minimum absolute atomic E-state index is 0.284. The van der Waals surface area contributed by atoms with Gasteiger partial charge in [-0.3, -0.25) is 4.90 Å². The molecule has 4 nitrogen and oxygen atoms in total. The summed E-state index contributed by atoms with van der Waals surface area (Å²) in [6.45, 7) is 7.53. The summed E-state index contributed by atoms with van der Waals surface area (Å²) in [7, 11) is 1.73. The van der Waals surface area contributed by atoms with Crippen LogP contribution >= 0.6 is 0 Å². The lowest BCUT2D eigenvalue weighted by atomic mass is 10.1. The first kappa shape index (κ1) is 14.2. The van der Waals surface area contributed by atoms with Crippen molar-refractivity contribution in [2.75, 3.05) is 51.3 Å². The highest BCUT2D eigenvalue weighted by molar-refractivity contribution is 5.60. The maximum absolute atomic E-state index is 8.87. The predicted octanol–water partition coefficient (Wildman–Crippen LogP) is 1.51. The smallest absolute Gasteiger partial charge is 0.142 e. The molecule has 0 saturated carbocycles. The van der Waals surface area contributed by atoms with E-state index < -0.39 is 0 Å². The summed E-state index contributed by atoms with van der Waals surface area (Å²) < 4.78 is 5.46. The van der Waals surface area contributed by atoms with Crippen molar-refractivity contribution in [3.63, 3.8) is 0 Å². The quantitative estimate of drug-likeness (QED) is 0.874. The van der Waals surface area contributed by atoms with E-state index in [0.29, 0.717) is 0 Å². The second-order valence-electron chi connectivity index (χ2n) is 5.08. The molecule has 0 aromatic heterocycles. The molecule has 1 aliphatic rings. The van der Waals surface area contributed by atoms with E-state index in [4.69, 9.17) is 9.84 Å². The number of aliphatic hydroxyl groups excluding tert-OH is 1. The van der Waals surface area contributed by atoms with Crippen LogP contribution in [0.3, 0.4) is 0 Å². The Morgan fingerprint density at radius 3 is 2.58 bits per heavy atom. The number of rotatable bonds is 5. The second kappa shape index (κ2) is 6.78. The number of hydrogen-bond acceptors (Lipinski definition) is 4. The molecule has 1 aliphatic heterocycles. The lowest BCUT2D eigenvalue weighted by Crippen LogP contribution is -2.46. The Hall–Kier alpha value is -1.26. The van der Waals surface area contributed by atoms with E-state index >= 15 is 0 Å². The molecule has 0 atom stereocenters. The van der Waals surface area contributed by atoms with Gasteiger partial charge in [-0.2, -0.15) is 0 Å². The molecule has 1 saturated heterocycles. The number of piperazine rings is 1. The fourth-order valence-corrected chi connectivity index (χ4v) is 2.55. The van der Waals surface area contributed by atoms with Crippen LogP contribution in [0.1, 0.15) is 12.0 Å². The van der Waals surface area contributed by atoms with Crippen LogP contribution in [0.2, 0.25) is 0 Å². The Balaban J connectivity index is 1.99. The summed E-state index contributed by atoms with van der Waals surface area (Å²) in [4.78, 5) is 4.80. The lowest BCUT2D eigenvalue weighted by Gasteiger charge is -2.36. The Labute approximate surface area is 115 Å². The van der Waals surface area contributed by atoms with Crippen LogP contribution in [0.5, 0.6) is 5.75 Å². The Morgan fingerprint density at radius 2 is 1.95 bits per heavy atom. The van der Waals surface area contributed by atoms with E-state index in [-0.39, 0.29) is 6.61 Å². The van der Waals surface area contributed by atoms with Gasteiger partial charge in [-0.25, -0.2) is 0 Å². The fourth-order valence-electron chi connectivity index (χ4n) is 2.55. The molecule has 19 heavy (non-hydrogen) atoms. The first-order valence-corrected chi connectivity index (χ1v) is 6.97. The Kier molecular flexibility index (Phi) is 5.05. The Morgan fingerprint density at radius 1 is 1.21 bits per heavy atom. The highest BCUT2D eigenvalue weighted by Gasteiger charge is 2.19. The molecule has 1 aromatic carbocycles. The molecule has 0 aliphatic carbocycles. The van der Waals surface area contributed by atoms with Gasteiger partial charge in [-0.05, 0) is 31.0 Å². The van der Waals surface area contributed by atoms with Crippen LogP contribution in [0.25, 0.3) is 0 Å². The van der Waals surface area contributed by atoms with Gasteiger partial charge in [-0.15, -0.1) is 0 Å². The normalized spacial score (nSPS) is 16.7. The monoisotopic (exact) mass is 264 g/mol. The first-order chi connectivity index (χ1) is 9.24. The summed E-state index contributed by atoms with van der Waals surface area (Å²) in [5.74, 6) is 0.953. The van der Waals surface area contributed by atoms with Crippen molar-refractivity contribution in [3.8, 4) is 5.75 Å². The van der Waals surface area contributed by atoms with E-state index in [1.807, 2.05) is 6.07 Å². The highest BCUT2D eigenvalue weighted by atomic mass is 16.5. The summed E-state index contributed by atoms with van der Waals surface area (Å²) in [6.07, 6.45) is 0.869. The summed E-state index contributed by atoms with van der Waals surface area (Å²) in [5.41, 5.74) is 2.46. The fraction of sp³-hybridized carbons (Fsp3) is 0.600. The zero-order valence-corrected chi connectivity index (χ0v) is 11.9. The molecule has 1 fully saturated rings. The van der Waals surface area contributed by atoms with Gasteiger partial charge < -0.3 is 14.7 Å². The van der Waals surface area contributed by atoms with Crippen molar-refractivity contribution >= 4 is 5.69 Å². The molecule has 4 heteroatoms. The number of hydrogen-bond donors (Lipinski definition) is 1. The van der Waals surface area contributed by atoms with Gasteiger partial charge in [-0.1, -0.05) is 6.07 Å². The van der Waals surface area contributed by atoms with Crippen LogP contribution < -0.4 is 9.64 Å². The van der Waals surface area contributed by atoms with Crippen molar-refractivity contribution in [2.24, 2.45) is 0 Å². The van der Waals surface area contributed by atoms with Gasteiger partial charge in [0.05, 0.1) is 12.8 Å². The minimum atomic E-state index is 0.284. The van der Waals surface area contributed by atoms with Crippen LogP contribution in [-0.2, 0) is 0 Å². The topological polar surface area (TPSA) is 35.9 Å². The number of aliphatic hydroxyl groups is 1. The van der Waals surface area contributed by atoms with Crippen LogP contribution in [0, 0.1) is 6.92 Å². The standard InChI is InChI=1S/C15H24N2O2/c1-13-4-5-15(19-2)14(12-13)17-9-7-16(8-10-17)6-3-11-18/h4-5,12,18H,3,6-11H2,1-2H3. The van der Waals surface area contributed by atoms with Crippen LogP contribution in [-0.4, -0.2) is 56.4 Å². The molecule has 0 spiro atoms. The maximum Gasteiger partial charge on any atom is 0.142 e. The highest BCUT2D eigenvalue weighted by Crippen LogP contribution is 2.29. The summed E-state index contributed by atoms with van der Waals surface area (Å²) in [6, 6.07) is 6.32. The van der Waals surface area contributed by atoms with Crippen molar-refractivity contribution in [1.29, 1.82) is 0 Å². The van der Waals surface area contributed by atoms with Crippen LogP contribution in [0.15, 0.2) is 18.2 Å². The minimum Gasteiger partial charge on any atom is -0.495 e. The lowest BCUT2D eigenvalue weighted by molar-refractivity contribution is 0.215. The van der Waals surface area contributed by atoms with Gasteiger partial charge in [0.25, 0.3) is 0 Å². The van der Waals surface area contributed by atoms with Crippen molar-refractivity contribution in [2.45, 2.75) is 13.3 Å². The molecule has 2 rings (SSSR count). The molecule has 1 aromatic rings. The second-order valence-corrected chi connectivity index (χ2v) is 5.08. The number of ether oxygens (including phenoxy) is 1. The van der Waals surface area contributed by atoms with Gasteiger partial charge in [0.2, 0.25) is 0 Å². The molecule has 1 heterocycles. The number of nitrogens with zero attached hydrogens (tertiary/aromatic N) is 2. The first-order valence-electron chi connectivity index (χ1n) is 6.97. The molecule has 0 unspecified atom stereocenters. The largest absolute Gasteiger partial charge is 0.495 e. The Bertz CT molecular complexity index is 401. The van der Waals surface area contributed by atoms with Gasteiger partial charge in [0.15, 0.2) is 0 Å². The molecule has 106 valence electrons.